The SMILES string of the molecule is c1ccc(-c2cccc(-c3c4ccccc4c(-c4cccc(-c5nc6ccccc6s5)c4)c4ccccc34)c2)cc1. The fraction of sp³-hybridized carbons (Fsp3) is 0. The van der Waals surface area contributed by atoms with E-state index in [0.717, 1.165) is 16.1 Å². The third-order valence-corrected chi connectivity index (χ3v) is 8.97. The molecular formula is C39H25NS. The number of hydrogen-bond donors (Lipinski definition) is 0. The average Bonchev–Trinajstić information content (AvgIpc) is 3.49. The van der Waals surface area contributed by atoms with E-state index in [1.165, 1.54) is 59.6 Å². The van der Waals surface area contributed by atoms with Crippen molar-refractivity contribution in [2.24, 2.45) is 0 Å². The minimum Gasteiger partial charge on any atom is -0.236 e. The van der Waals surface area contributed by atoms with Gasteiger partial charge in [0.15, 0.2) is 0 Å². The molecule has 41 heavy (non-hydrogen) atoms. The fourth-order valence-electron chi connectivity index (χ4n) is 6.04. The first-order chi connectivity index (χ1) is 20.3. The second kappa shape index (κ2) is 9.85. The molecule has 0 radical (unpaired) electrons. The molecule has 0 bridgehead atoms. The summed E-state index contributed by atoms with van der Waals surface area (Å²) >= 11 is 1.75. The van der Waals surface area contributed by atoms with Gasteiger partial charge >= 0.3 is 0 Å². The van der Waals surface area contributed by atoms with Crippen LogP contribution >= 0.6 is 11.3 Å². The highest BCUT2D eigenvalue weighted by Crippen LogP contribution is 2.45. The second-order valence-electron chi connectivity index (χ2n) is 10.4. The Kier molecular flexibility index (Phi) is 5.72. The maximum Gasteiger partial charge on any atom is 0.124 e. The van der Waals surface area contributed by atoms with E-state index in [0.29, 0.717) is 0 Å². The van der Waals surface area contributed by atoms with Crippen molar-refractivity contribution >= 4 is 43.1 Å². The maximum absolute atomic E-state index is 4.95. The zero-order valence-corrected chi connectivity index (χ0v) is 23.1. The number of aromatic nitrogens is 1. The van der Waals surface area contributed by atoms with Crippen LogP contribution in [0.2, 0.25) is 0 Å². The number of hydrogen-bond acceptors (Lipinski definition) is 2. The molecule has 2 heteroatoms. The summed E-state index contributed by atoms with van der Waals surface area (Å²) < 4.78 is 1.21. The molecule has 0 aliphatic rings. The van der Waals surface area contributed by atoms with Crippen LogP contribution in [0.4, 0.5) is 0 Å². The zero-order valence-electron chi connectivity index (χ0n) is 22.3. The van der Waals surface area contributed by atoms with E-state index in [2.05, 4.69) is 152 Å². The van der Waals surface area contributed by atoms with Crippen molar-refractivity contribution in [1.82, 2.24) is 4.98 Å². The van der Waals surface area contributed by atoms with Crippen LogP contribution in [-0.2, 0) is 0 Å². The van der Waals surface area contributed by atoms with Crippen molar-refractivity contribution in [3.05, 3.63) is 152 Å². The van der Waals surface area contributed by atoms with Crippen LogP contribution in [0, 0.1) is 0 Å². The van der Waals surface area contributed by atoms with Crippen molar-refractivity contribution in [2.45, 2.75) is 0 Å². The van der Waals surface area contributed by atoms with Crippen molar-refractivity contribution < 1.29 is 0 Å². The molecular weight excluding hydrogens is 515 g/mol. The molecule has 7 aromatic carbocycles. The molecule has 0 saturated heterocycles. The molecule has 0 aliphatic heterocycles. The molecule has 0 N–H and O–H groups in total. The topological polar surface area (TPSA) is 12.9 Å². The lowest BCUT2D eigenvalue weighted by atomic mass is 9.85. The highest BCUT2D eigenvalue weighted by Gasteiger charge is 2.17. The lowest BCUT2D eigenvalue weighted by Gasteiger charge is -2.18. The van der Waals surface area contributed by atoms with Gasteiger partial charge in [0.1, 0.15) is 5.01 Å². The molecule has 0 amide bonds. The van der Waals surface area contributed by atoms with Crippen LogP contribution in [0.5, 0.6) is 0 Å². The Bertz CT molecular complexity index is 2120. The summed E-state index contributed by atoms with van der Waals surface area (Å²) in [6.07, 6.45) is 0. The van der Waals surface area contributed by atoms with Gasteiger partial charge in [0, 0.05) is 5.56 Å². The Morgan fingerprint density at radius 2 is 0.829 bits per heavy atom. The van der Waals surface area contributed by atoms with E-state index in [1.807, 2.05) is 0 Å². The normalized spacial score (nSPS) is 11.4. The van der Waals surface area contributed by atoms with Crippen molar-refractivity contribution in [2.75, 3.05) is 0 Å². The van der Waals surface area contributed by atoms with Gasteiger partial charge in [0.05, 0.1) is 10.2 Å². The summed E-state index contributed by atoms with van der Waals surface area (Å²) in [7, 11) is 0. The first-order valence-electron chi connectivity index (χ1n) is 13.9. The smallest absolute Gasteiger partial charge is 0.124 e. The van der Waals surface area contributed by atoms with E-state index in [4.69, 9.17) is 4.98 Å². The molecule has 0 atom stereocenters. The Morgan fingerprint density at radius 3 is 1.44 bits per heavy atom. The van der Waals surface area contributed by atoms with E-state index < -0.39 is 0 Å². The maximum atomic E-state index is 4.95. The van der Waals surface area contributed by atoms with Crippen LogP contribution in [0.1, 0.15) is 0 Å². The number of thiazole rings is 1. The standard InChI is InChI=1S/C39H25NS/c1-2-12-26(13-3-1)27-14-10-15-28(24-27)37-31-18-4-6-20-33(31)38(34-21-7-5-19-32(34)37)29-16-11-17-30(25-29)39-40-35-22-8-9-23-36(35)41-39/h1-25H. The molecule has 0 spiro atoms. The fourth-order valence-corrected chi connectivity index (χ4v) is 7.00. The first-order valence-corrected chi connectivity index (χ1v) is 14.7. The monoisotopic (exact) mass is 539 g/mol. The lowest BCUT2D eigenvalue weighted by molar-refractivity contribution is 1.48. The van der Waals surface area contributed by atoms with Gasteiger partial charge in [0.25, 0.3) is 0 Å². The largest absolute Gasteiger partial charge is 0.236 e. The molecule has 1 aromatic heterocycles. The van der Waals surface area contributed by atoms with Crippen LogP contribution in [0.3, 0.4) is 0 Å². The van der Waals surface area contributed by atoms with Crippen LogP contribution in [0.25, 0.3) is 75.7 Å². The van der Waals surface area contributed by atoms with Gasteiger partial charge in [-0.2, -0.15) is 0 Å². The van der Waals surface area contributed by atoms with Crippen molar-refractivity contribution in [3.8, 4) is 44.0 Å². The van der Waals surface area contributed by atoms with E-state index >= 15 is 0 Å². The van der Waals surface area contributed by atoms with Gasteiger partial charge in [0.2, 0.25) is 0 Å². The van der Waals surface area contributed by atoms with Crippen LogP contribution < -0.4 is 0 Å². The number of rotatable bonds is 4. The Morgan fingerprint density at radius 1 is 0.366 bits per heavy atom. The molecule has 192 valence electrons. The molecule has 8 aromatic rings. The second-order valence-corrected chi connectivity index (χ2v) is 11.4. The van der Waals surface area contributed by atoms with Gasteiger partial charge in [-0.1, -0.05) is 127 Å². The van der Waals surface area contributed by atoms with E-state index in [1.54, 1.807) is 11.3 Å². The lowest BCUT2D eigenvalue weighted by Crippen LogP contribution is -1.91. The van der Waals surface area contributed by atoms with E-state index in [-0.39, 0.29) is 0 Å². The van der Waals surface area contributed by atoms with E-state index in [9.17, 15) is 0 Å². The van der Waals surface area contributed by atoms with Gasteiger partial charge in [-0.25, -0.2) is 4.98 Å². The van der Waals surface area contributed by atoms with Crippen LogP contribution in [0.15, 0.2) is 152 Å². The number of benzene rings is 7. The summed E-state index contributed by atoms with van der Waals surface area (Å²) in [5.41, 5.74) is 9.64. The number of fused-ring (bicyclic) bond motifs is 3. The predicted molar refractivity (Wildman–Crippen MR) is 176 cm³/mol. The van der Waals surface area contributed by atoms with Gasteiger partial charge in [-0.3, -0.25) is 0 Å². The van der Waals surface area contributed by atoms with Crippen molar-refractivity contribution in [3.63, 3.8) is 0 Å². The quantitative estimate of drug-likeness (QED) is 0.203. The molecule has 0 aliphatic carbocycles. The summed E-state index contributed by atoms with van der Waals surface area (Å²) in [6, 6.07) is 54.5. The molecule has 0 saturated carbocycles. The van der Waals surface area contributed by atoms with Crippen molar-refractivity contribution in [1.29, 1.82) is 0 Å². The molecule has 0 fully saturated rings. The minimum atomic E-state index is 1.05. The Hall–Kier alpha value is -5.05. The van der Waals surface area contributed by atoms with Crippen LogP contribution in [-0.4, -0.2) is 4.98 Å². The Balaban J connectivity index is 1.37. The Labute approximate surface area is 243 Å². The summed E-state index contributed by atoms with van der Waals surface area (Å²) in [4.78, 5) is 4.95. The first kappa shape index (κ1) is 23.8. The third-order valence-electron chi connectivity index (χ3n) is 7.88. The highest BCUT2D eigenvalue weighted by atomic mass is 32.1. The molecule has 8 rings (SSSR count). The summed E-state index contributed by atoms with van der Waals surface area (Å²) in [5, 5.41) is 6.09. The summed E-state index contributed by atoms with van der Waals surface area (Å²) in [6.45, 7) is 0. The summed E-state index contributed by atoms with van der Waals surface area (Å²) in [5.74, 6) is 0. The number of nitrogens with zero attached hydrogens (tertiary/aromatic N) is 1. The molecule has 0 unspecified atom stereocenters. The number of para-hydroxylation sites is 1. The van der Waals surface area contributed by atoms with Gasteiger partial charge < -0.3 is 0 Å². The third kappa shape index (κ3) is 4.12. The highest BCUT2D eigenvalue weighted by molar-refractivity contribution is 7.21. The zero-order chi connectivity index (χ0) is 27.2. The average molecular weight is 540 g/mol. The minimum absolute atomic E-state index is 1.05. The molecule has 1 heterocycles. The predicted octanol–water partition coefficient (Wildman–Crippen LogP) is 11.3. The van der Waals surface area contributed by atoms with Gasteiger partial charge in [-0.15, -0.1) is 11.3 Å². The van der Waals surface area contributed by atoms with Gasteiger partial charge in [-0.05, 0) is 79.2 Å². The molecule has 1 nitrogen and oxygen atoms in total.